The standard InChI is InChI=1S/C10H11BrFNO/c11-7-5-8(12)10(9(14)6-7)13-3-1-2-4-13/h5-6,14H,1-4H2. The third kappa shape index (κ3) is 1.71. The number of halogens is 2. The lowest BCUT2D eigenvalue weighted by Crippen LogP contribution is -2.19. The molecule has 1 aromatic rings. The van der Waals surface area contributed by atoms with Crippen molar-refractivity contribution in [3.63, 3.8) is 0 Å². The molecule has 0 unspecified atom stereocenters. The van der Waals surface area contributed by atoms with Gasteiger partial charge in [-0.15, -0.1) is 0 Å². The van der Waals surface area contributed by atoms with Gasteiger partial charge in [0.2, 0.25) is 0 Å². The maximum Gasteiger partial charge on any atom is 0.151 e. The fourth-order valence-electron chi connectivity index (χ4n) is 1.81. The van der Waals surface area contributed by atoms with Gasteiger partial charge in [0, 0.05) is 17.6 Å². The van der Waals surface area contributed by atoms with Gasteiger partial charge in [-0.05, 0) is 25.0 Å². The molecule has 1 saturated heterocycles. The molecule has 1 heterocycles. The molecule has 0 aromatic heterocycles. The molecule has 4 heteroatoms. The molecule has 2 rings (SSSR count). The van der Waals surface area contributed by atoms with Crippen molar-refractivity contribution in [2.75, 3.05) is 18.0 Å². The van der Waals surface area contributed by atoms with Gasteiger partial charge in [0.25, 0.3) is 0 Å². The molecule has 2 nitrogen and oxygen atoms in total. The number of phenols is 1. The monoisotopic (exact) mass is 259 g/mol. The predicted octanol–water partition coefficient (Wildman–Crippen LogP) is 2.89. The lowest BCUT2D eigenvalue weighted by molar-refractivity contribution is 0.468. The summed E-state index contributed by atoms with van der Waals surface area (Å²) in [4.78, 5) is 1.89. The molecule has 1 aliphatic rings. The molecular formula is C10H11BrFNO. The van der Waals surface area contributed by atoms with Gasteiger partial charge in [0.05, 0.1) is 0 Å². The lowest BCUT2D eigenvalue weighted by atomic mass is 10.2. The quantitative estimate of drug-likeness (QED) is 0.839. The summed E-state index contributed by atoms with van der Waals surface area (Å²) in [6, 6.07) is 2.91. The predicted molar refractivity (Wildman–Crippen MR) is 57.2 cm³/mol. The third-order valence-electron chi connectivity index (χ3n) is 2.43. The van der Waals surface area contributed by atoms with Crippen molar-refractivity contribution in [1.29, 1.82) is 0 Å². The average Bonchev–Trinajstić information content (AvgIpc) is 2.54. The van der Waals surface area contributed by atoms with Gasteiger partial charge < -0.3 is 10.0 Å². The molecule has 1 fully saturated rings. The van der Waals surface area contributed by atoms with Crippen LogP contribution in [0.15, 0.2) is 16.6 Å². The second-order valence-electron chi connectivity index (χ2n) is 3.45. The van der Waals surface area contributed by atoms with Gasteiger partial charge in [-0.25, -0.2) is 4.39 Å². The average molecular weight is 260 g/mol. The molecule has 0 bridgehead atoms. The molecule has 1 N–H and O–H groups in total. The summed E-state index contributed by atoms with van der Waals surface area (Å²) in [7, 11) is 0. The van der Waals surface area contributed by atoms with Crippen LogP contribution < -0.4 is 4.90 Å². The van der Waals surface area contributed by atoms with Crippen molar-refractivity contribution >= 4 is 21.6 Å². The second-order valence-corrected chi connectivity index (χ2v) is 4.37. The fraction of sp³-hybridized carbons (Fsp3) is 0.400. The van der Waals surface area contributed by atoms with Gasteiger partial charge in [-0.2, -0.15) is 0 Å². The minimum atomic E-state index is -0.362. The maximum atomic E-state index is 13.5. The fourth-order valence-corrected chi connectivity index (χ4v) is 2.22. The topological polar surface area (TPSA) is 23.5 Å². The summed E-state index contributed by atoms with van der Waals surface area (Å²) in [6.45, 7) is 1.65. The van der Waals surface area contributed by atoms with Crippen LogP contribution in [0.2, 0.25) is 0 Å². The number of rotatable bonds is 1. The Morgan fingerprint density at radius 2 is 1.93 bits per heavy atom. The first-order valence-corrected chi connectivity index (χ1v) is 5.41. The van der Waals surface area contributed by atoms with E-state index < -0.39 is 0 Å². The van der Waals surface area contributed by atoms with Crippen molar-refractivity contribution in [1.82, 2.24) is 0 Å². The van der Waals surface area contributed by atoms with E-state index in [9.17, 15) is 9.50 Å². The normalized spacial score (nSPS) is 16.3. The molecule has 1 aromatic carbocycles. The molecule has 0 saturated carbocycles. The van der Waals surface area contributed by atoms with Crippen LogP contribution in [0.1, 0.15) is 12.8 Å². The van der Waals surface area contributed by atoms with Crippen molar-refractivity contribution in [2.45, 2.75) is 12.8 Å². The Bertz CT molecular complexity index is 327. The van der Waals surface area contributed by atoms with Crippen LogP contribution in [0, 0.1) is 5.82 Å². The highest BCUT2D eigenvalue weighted by atomic mass is 79.9. The van der Waals surface area contributed by atoms with E-state index in [2.05, 4.69) is 15.9 Å². The Hall–Kier alpha value is -0.770. The highest BCUT2D eigenvalue weighted by Gasteiger charge is 2.19. The summed E-state index contributed by atoms with van der Waals surface area (Å²) in [6.07, 6.45) is 2.13. The van der Waals surface area contributed by atoms with Crippen LogP contribution in [0.4, 0.5) is 10.1 Å². The van der Waals surface area contributed by atoms with Crippen LogP contribution in [0.25, 0.3) is 0 Å². The number of hydrogen-bond donors (Lipinski definition) is 1. The van der Waals surface area contributed by atoms with Crippen LogP contribution in [-0.2, 0) is 0 Å². The van der Waals surface area contributed by atoms with E-state index in [0.717, 1.165) is 25.9 Å². The van der Waals surface area contributed by atoms with E-state index in [1.807, 2.05) is 4.90 Å². The first kappa shape index (κ1) is 9.77. The van der Waals surface area contributed by atoms with Crippen molar-refractivity contribution in [3.05, 3.63) is 22.4 Å². The van der Waals surface area contributed by atoms with Crippen LogP contribution in [0.5, 0.6) is 5.75 Å². The maximum absolute atomic E-state index is 13.5. The van der Waals surface area contributed by atoms with Gasteiger partial charge >= 0.3 is 0 Å². The SMILES string of the molecule is Oc1cc(Br)cc(F)c1N1CCCC1. The van der Waals surface area contributed by atoms with E-state index in [4.69, 9.17) is 0 Å². The second kappa shape index (κ2) is 3.77. The highest BCUT2D eigenvalue weighted by Crippen LogP contribution is 2.35. The van der Waals surface area contributed by atoms with Crippen molar-refractivity contribution in [3.8, 4) is 5.75 Å². The van der Waals surface area contributed by atoms with E-state index in [0.29, 0.717) is 10.2 Å². The molecular weight excluding hydrogens is 249 g/mol. The molecule has 76 valence electrons. The Morgan fingerprint density at radius 3 is 2.50 bits per heavy atom. The van der Waals surface area contributed by atoms with E-state index in [-0.39, 0.29) is 11.6 Å². The molecule has 14 heavy (non-hydrogen) atoms. The number of phenolic OH excluding ortho intramolecular Hbond substituents is 1. The summed E-state index contributed by atoms with van der Waals surface area (Å²) in [5.74, 6) is -0.349. The summed E-state index contributed by atoms with van der Waals surface area (Å²) in [5, 5.41) is 9.62. The first-order valence-electron chi connectivity index (χ1n) is 4.61. The molecule has 0 atom stereocenters. The number of anilines is 1. The smallest absolute Gasteiger partial charge is 0.151 e. The number of benzene rings is 1. The Morgan fingerprint density at radius 1 is 1.29 bits per heavy atom. The Balaban J connectivity index is 2.40. The lowest BCUT2D eigenvalue weighted by Gasteiger charge is -2.19. The number of hydrogen-bond acceptors (Lipinski definition) is 2. The summed E-state index contributed by atoms with van der Waals surface area (Å²) < 4.78 is 14.1. The Labute approximate surface area is 90.5 Å². The molecule has 0 radical (unpaired) electrons. The van der Waals surface area contributed by atoms with Gasteiger partial charge in [0.1, 0.15) is 11.4 Å². The minimum Gasteiger partial charge on any atom is -0.506 e. The van der Waals surface area contributed by atoms with Crippen molar-refractivity contribution < 1.29 is 9.50 Å². The van der Waals surface area contributed by atoms with Crippen LogP contribution in [-0.4, -0.2) is 18.2 Å². The third-order valence-corrected chi connectivity index (χ3v) is 2.89. The van der Waals surface area contributed by atoms with Gasteiger partial charge in [0.15, 0.2) is 5.82 Å². The first-order chi connectivity index (χ1) is 6.68. The minimum absolute atomic E-state index is 0.0128. The van der Waals surface area contributed by atoms with E-state index >= 15 is 0 Å². The zero-order valence-electron chi connectivity index (χ0n) is 7.63. The zero-order valence-corrected chi connectivity index (χ0v) is 9.22. The van der Waals surface area contributed by atoms with Crippen LogP contribution >= 0.6 is 15.9 Å². The van der Waals surface area contributed by atoms with E-state index in [1.54, 1.807) is 0 Å². The van der Waals surface area contributed by atoms with Crippen LogP contribution in [0.3, 0.4) is 0 Å². The highest BCUT2D eigenvalue weighted by molar-refractivity contribution is 9.10. The molecule has 0 aliphatic carbocycles. The summed E-state index contributed by atoms with van der Waals surface area (Å²) in [5.41, 5.74) is 0.339. The zero-order chi connectivity index (χ0) is 10.1. The number of nitrogens with zero attached hydrogens (tertiary/aromatic N) is 1. The molecule has 0 spiro atoms. The van der Waals surface area contributed by atoms with Gasteiger partial charge in [-0.1, -0.05) is 15.9 Å². The molecule has 1 aliphatic heterocycles. The molecule has 0 amide bonds. The Kier molecular flexibility index (Phi) is 2.63. The van der Waals surface area contributed by atoms with E-state index in [1.165, 1.54) is 12.1 Å². The van der Waals surface area contributed by atoms with Gasteiger partial charge in [-0.3, -0.25) is 0 Å². The largest absolute Gasteiger partial charge is 0.506 e. The number of aromatic hydroxyl groups is 1. The van der Waals surface area contributed by atoms with Crippen molar-refractivity contribution in [2.24, 2.45) is 0 Å². The summed E-state index contributed by atoms with van der Waals surface area (Å²) >= 11 is 3.14.